The van der Waals surface area contributed by atoms with Crippen molar-refractivity contribution in [2.75, 3.05) is 37.6 Å². The molecule has 0 aromatic heterocycles. The molecular formula is C25H30N4O. The number of anilines is 1. The average Bonchev–Trinajstić information content (AvgIpc) is 3.59. The van der Waals surface area contributed by atoms with Gasteiger partial charge in [-0.15, -0.1) is 0 Å². The third-order valence-corrected chi connectivity index (χ3v) is 6.45. The molecule has 2 fully saturated rings. The third-order valence-electron chi connectivity index (χ3n) is 6.45. The third kappa shape index (κ3) is 4.56. The van der Waals surface area contributed by atoms with E-state index in [4.69, 9.17) is 6.57 Å². The van der Waals surface area contributed by atoms with E-state index in [1.165, 1.54) is 5.56 Å². The summed E-state index contributed by atoms with van der Waals surface area (Å²) in [6, 6.07) is 18.1. The van der Waals surface area contributed by atoms with E-state index in [-0.39, 0.29) is 11.4 Å². The Morgan fingerprint density at radius 1 is 1.07 bits per heavy atom. The quantitative estimate of drug-likeness (QED) is 0.646. The van der Waals surface area contributed by atoms with Gasteiger partial charge in [0.15, 0.2) is 5.69 Å². The van der Waals surface area contributed by atoms with E-state index in [1.54, 1.807) is 6.07 Å². The number of carbonyl (C=O) groups excluding carboxylic acids is 1. The van der Waals surface area contributed by atoms with Gasteiger partial charge in [0.05, 0.1) is 6.57 Å². The normalized spacial score (nSPS) is 18.5. The van der Waals surface area contributed by atoms with Gasteiger partial charge >= 0.3 is 0 Å². The maximum absolute atomic E-state index is 12.8. The molecule has 2 aliphatic rings. The Balaban J connectivity index is 1.42. The fraction of sp³-hybridized carbons (Fsp3) is 0.440. The van der Waals surface area contributed by atoms with E-state index in [1.807, 2.05) is 30.0 Å². The molecule has 0 bridgehead atoms. The highest BCUT2D eigenvalue weighted by Gasteiger charge is 2.50. The number of nitrogens with zero attached hydrogens (tertiary/aromatic N) is 4. The molecule has 0 atom stereocenters. The minimum absolute atomic E-state index is 0.0950. The zero-order valence-electron chi connectivity index (χ0n) is 17.8. The summed E-state index contributed by atoms with van der Waals surface area (Å²) in [5.74, 6) is 0.131. The van der Waals surface area contributed by atoms with Crippen LogP contribution in [-0.4, -0.2) is 54.0 Å². The van der Waals surface area contributed by atoms with Gasteiger partial charge in [-0.05, 0) is 30.5 Å². The van der Waals surface area contributed by atoms with Crippen LogP contribution in [0.1, 0.15) is 31.7 Å². The molecule has 1 heterocycles. The van der Waals surface area contributed by atoms with Crippen LogP contribution in [0.25, 0.3) is 4.85 Å². The molecule has 2 aromatic carbocycles. The molecule has 1 saturated carbocycles. The van der Waals surface area contributed by atoms with Gasteiger partial charge < -0.3 is 4.90 Å². The summed E-state index contributed by atoms with van der Waals surface area (Å²) >= 11 is 0. The highest BCUT2D eigenvalue weighted by Crippen LogP contribution is 2.44. The standard InChI is InChI=1S/C25H30N4O/c1-3-24(30)29(23-11-7-10-22(18-23)26-2)20-25(12-13-25)28-16-14-27(15-17-28)19-21-8-5-4-6-9-21/h4-11,18H,3,12-17,19-20H2,1H3. The van der Waals surface area contributed by atoms with Gasteiger partial charge in [-0.2, -0.15) is 0 Å². The molecule has 1 aliphatic heterocycles. The lowest BCUT2D eigenvalue weighted by atomic mass is 10.1. The van der Waals surface area contributed by atoms with Crippen LogP contribution < -0.4 is 4.90 Å². The maximum atomic E-state index is 12.8. The Bertz CT molecular complexity index is 908. The number of rotatable bonds is 7. The molecule has 0 unspecified atom stereocenters. The summed E-state index contributed by atoms with van der Waals surface area (Å²) in [5, 5.41) is 0. The second-order valence-electron chi connectivity index (χ2n) is 8.44. The van der Waals surface area contributed by atoms with Crippen molar-refractivity contribution in [3.63, 3.8) is 0 Å². The van der Waals surface area contributed by atoms with E-state index >= 15 is 0 Å². The Labute approximate surface area is 179 Å². The predicted octanol–water partition coefficient (Wildman–Crippen LogP) is 4.33. The van der Waals surface area contributed by atoms with E-state index < -0.39 is 0 Å². The molecule has 0 radical (unpaired) electrons. The van der Waals surface area contributed by atoms with Crippen molar-refractivity contribution in [2.24, 2.45) is 0 Å². The van der Waals surface area contributed by atoms with Crippen molar-refractivity contribution in [1.82, 2.24) is 9.80 Å². The summed E-state index contributed by atoms with van der Waals surface area (Å²) in [4.78, 5) is 23.4. The van der Waals surface area contributed by atoms with E-state index in [0.717, 1.165) is 57.8 Å². The lowest BCUT2D eigenvalue weighted by Gasteiger charge is -2.41. The molecule has 4 rings (SSSR count). The number of benzene rings is 2. The van der Waals surface area contributed by atoms with Gasteiger partial charge in [-0.3, -0.25) is 14.6 Å². The van der Waals surface area contributed by atoms with Gasteiger partial charge in [-0.25, -0.2) is 4.85 Å². The topological polar surface area (TPSA) is 31.1 Å². The number of amides is 1. The van der Waals surface area contributed by atoms with Crippen LogP contribution >= 0.6 is 0 Å². The Hall–Kier alpha value is -2.68. The minimum Gasteiger partial charge on any atom is -0.312 e. The first-order valence-electron chi connectivity index (χ1n) is 10.9. The lowest BCUT2D eigenvalue weighted by Crippen LogP contribution is -2.55. The molecular weight excluding hydrogens is 372 g/mol. The van der Waals surface area contributed by atoms with Crippen LogP contribution in [-0.2, 0) is 11.3 Å². The summed E-state index contributed by atoms with van der Waals surface area (Å²) in [7, 11) is 0. The van der Waals surface area contributed by atoms with Crippen molar-refractivity contribution in [3.8, 4) is 0 Å². The van der Waals surface area contributed by atoms with Gasteiger partial charge in [0.2, 0.25) is 5.91 Å². The molecule has 0 spiro atoms. The van der Waals surface area contributed by atoms with Crippen molar-refractivity contribution < 1.29 is 4.79 Å². The number of carbonyl (C=O) groups is 1. The van der Waals surface area contributed by atoms with Gasteiger partial charge in [0.1, 0.15) is 0 Å². The van der Waals surface area contributed by atoms with Crippen LogP contribution in [0.5, 0.6) is 0 Å². The largest absolute Gasteiger partial charge is 0.312 e. The molecule has 2 aromatic rings. The van der Waals surface area contributed by atoms with E-state index in [2.05, 4.69) is 45.0 Å². The maximum Gasteiger partial charge on any atom is 0.226 e. The van der Waals surface area contributed by atoms with Crippen molar-refractivity contribution in [3.05, 3.63) is 71.6 Å². The van der Waals surface area contributed by atoms with Gasteiger partial charge in [-0.1, -0.05) is 49.4 Å². The van der Waals surface area contributed by atoms with Crippen molar-refractivity contribution in [1.29, 1.82) is 0 Å². The summed E-state index contributed by atoms with van der Waals surface area (Å²) in [5.41, 5.74) is 2.90. The fourth-order valence-electron chi connectivity index (χ4n) is 4.48. The fourth-order valence-corrected chi connectivity index (χ4v) is 4.48. The smallest absolute Gasteiger partial charge is 0.226 e. The first-order valence-corrected chi connectivity index (χ1v) is 10.9. The average molecular weight is 403 g/mol. The molecule has 1 amide bonds. The van der Waals surface area contributed by atoms with Crippen molar-refractivity contribution >= 4 is 17.3 Å². The predicted molar refractivity (Wildman–Crippen MR) is 121 cm³/mol. The zero-order valence-corrected chi connectivity index (χ0v) is 17.8. The Kier molecular flexibility index (Phi) is 6.17. The van der Waals surface area contributed by atoms with Gasteiger partial charge in [0.25, 0.3) is 0 Å². The molecule has 1 aliphatic carbocycles. The minimum atomic E-state index is 0.0950. The number of hydrogen-bond donors (Lipinski definition) is 0. The zero-order chi connectivity index (χ0) is 21.0. The van der Waals surface area contributed by atoms with E-state index in [0.29, 0.717) is 12.1 Å². The Morgan fingerprint density at radius 3 is 2.43 bits per heavy atom. The molecule has 1 saturated heterocycles. The Morgan fingerprint density at radius 2 is 1.80 bits per heavy atom. The van der Waals surface area contributed by atoms with Crippen LogP contribution in [0, 0.1) is 6.57 Å². The molecule has 5 heteroatoms. The second kappa shape index (κ2) is 8.99. The first kappa shape index (κ1) is 20.6. The van der Waals surface area contributed by atoms with Crippen molar-refractivity contribution in [2.45, 2.75) is 38.3 Å². The SMILES string of the molecule is [C-]#[N+]c1cccc(N(CC2(N3CCN(Cc4ccccc4)CC3)CC2)C(=O)CC)c1. The van der Waals surface area contributed by atoms with Crippen LogP contribution in [0.15, 0.2) is 54.6 Å². The van der Waals surface area contributed by atoms with E-state index in [9.17, 15) is 4.79 Å². The molecule has 5 nitrogen and oxygen atoms in total. The van der Waals surface area contributed by atoms with Crippen LogP contribution in [0.2, 0.25) is 0 Å². The summed E-state index contributed by atoms with van der Waals surface area (Å²) in [6.45, 7) is 15.1. The second-order valence-corrected chi connectivity index (χ2v) is 8.44. The van der Waals surface area contributed by atoms with Crippen LogP contribution in [0.4, 0.5) is 11.4 Å². The highest BCUT2D eigenvalue weighted by atomic mass is 16.2. The molecule has 0 N–H and O–H groups in total. The number of piperazine rings is 1. The highest BCUT2D eigenvalue weighted by molar-refractivity contribution is 5.94. The summed E-state index contributed by atoms with van der Waals surface area (Å²) in [6.07, 6.45) is 2.76. The monoisotopic (exact) mass is 402 g/mol. The van der Waals surface area contributed by atoms with Gasteiger partial charge in [0, 0.05) is 56.9 Å². The lowest BCUT2D eigenvalue weighted by molar-refractivity contribution is -0.118. The van der Waals surface area contributed by atoms with Crippen LogP contribution in [0.3, 0.4) is 0 Å². The first-order chi connectivity index (χ1) is 14.6. The summed E-state index contributed by atoms with van der Waals surface area (Å²) < 4.78 is 0. The molecule has 30 heavy (non-hydrogen) atoms. The molecule has 156 valence electrons. The number of hydrogen-bond acceptors (Lipinski definition) is 3.